The third-order valence-corrected chi connectivity index (χ3v) is 4.14. The summed E-state index contributed by atoms with van der Waals surface area (Å²) in [6, 6.07) is 0. The van der Waals surface area contributed by atoms with Gasteiger partial charge in [-0.1, -0.05) is 12.8 Å². The van der Waals surface area contributed by atoms with Gasteiger partial charge in [-0.05, 0) is 32.7 Å². The lowest BCUT2D eigenvalue weighted by Crippen LogP contribution is -2.56. The van der Waals surface area contributed by atoms with Crippen molar-refractivity contribution in [2.75, 3.05) is 13.1 Å². The lowest BCUT2D eigenvalue weighted by molar-refractivity contribution is -0.149. The number of carboxylic acid groups (broad SMARTS) is 1. The van der Waals surface area contributed by atoms with E-state index in [9.17, 15) is 14.7 Å². The van der Waals surface area contributed by atoms with Crippen molar-refractivity contribution in [3.63, 3.8) is 0 Å². The Labute approximate surface area is 101 Å². The van der Waals surface area contributed by atoms with Crippen molar-refractivity contribution in [1.82, 2.24) is 10.6 Å². The molecule has 0 aromatic carbocycles. The Morgan fingerprint density at radius 1 is 1.24 bits per heavy atom. The maximum atomic E-state index is 12.2. The zero-order chi connectivity index (χ0) is 12.5. The summed E-state index contributed by atoms with van der Waals surface area (Å²) in [6.07, 6.45) is 3.63. The first-order chi connectivity index (χ1) is 7.99. The minimum atomic E-state index is -1.01. The SMILES string of the molecule is CC1(C(=O)NC2(C(=O)O)CCCC2)CCNC1. The Balaban J connectivity index is 2.08. The molecule has 1 aliphatic carbocycles. The van der Waals surface area contributed by atoms with Gasteiger partial charge in [0.05, 0.1) is 5.41 Å². The molecule has 0 aromatic rings. The smallest absolute Gasteiger partial charge is 0.329 e. The lowest BCUT2D eigenvalue weighted by atomic mass is 9.86. The van der Waals surface area contributed by atoms with Gasteiger partial charge in [0.1, 0.15) is 5.54 Å². The van der Waals surface area contributed by atoms with Gasteiger partial charge in [0.2, 0.25) is 5.91 Å². The minimum absolute atomic E-state index is 0.119. The first kappa shape index (κ1) is 12.4. The van der Waals surface area contributed by atoms with Gasteiger partial charge in [0.25, 0.3) is 0 Å². The molecule has 1 saturated heterocycles. The highest BCUT2D eigenvalue weighted by Crippen LogP contribution is 2.32. The van der Waals surface area contributed by atoms with E-state index in [1.54, 1.807) is 0 Å². The number of aliphatic carboxylic acids is 1. The van der Waals surface area contributed by atoms with Crippen LogP contribution < -0.4 is 10.6 Å². The normalized spacial score (nSPS) is 31.4. The average Bonchev–Trinajstić information content (AvgIpc) is 2.88. The first-order valence-corrected chi connectivity index (χ1v) is 6.25. The monoisotopic (exact) mass is 240 g/mol. The molecule has 1 aliphatic heterocycles. The van der Waals surface area contributed by atoms with Gasteiger partial charge in [0, 0.05) is 6.54 Å². The minimum Gasteiger partial charge on any atom is -0.480 e. The fraction of sp³-hybridized carbons (Fsp3) is 0.833. The second-order valence-electron chi connectivity index (χ2n) is 5.54. The van der Waals surface area contributed by atoms with E-state index in [2.05, 4.69) is 10.6 Å². The van der Waals surface area contributed by atoms with Gasteiger partial charge in [-0.15, -0.1) is 0 Å². The standard InChI is InChI=1S/C12H20N2O3/c1-11(6-7-13-8-11)9(15)14-12(10(16)17)4-2-3-5-12/h13H,2-8H2,1H3,(H,14,15)(H,16,17). The first-order valence-electron chi connectivity index (χ1n) is 6.25. The quantitative estimate of drug-likeness (QED) is 0.671. The van der Waals surface area contributed by atoms with Crippen LogP contribution >= 0.6 is 0 Å². The fourth-order valence-electron chi connectivity index (χ4n) is 2.75. The summed E-state index contributed by atoms with van der Waals surface area (Å²) < 4.78 is 0. The molecule has 5 heteroatoms. The van der Waals surface area contributed by atoms with Crippen LogP contribution in [0.4, 0.5) is 0 Å². The van der Waals surface area contributed by atoms with Crippen LogP contribution in [0, 0.1) is 5.41 Å². The number of hydrogen-bond acceptors (Lipinski definition) is 3. The molecule has 0 bridgehead atoms. The number of amides is 1. The van der Waals surface area contributed by atoms with Gasteiger partial charge in [-0.2, -0.15) is 0 Å². The van der Waals surface area contributed by atoms with Crippen molar-refractivity contribution in [2.45, 2.75) is 44.6 Å². The zero-order valence-electron chi connectivity index (χ0n) is 10.2. The highest BCUT2D eigenvalue weighted by Gasteiger charge is 2.46. The summed E-state index contributed by atoms with van der Waals surface area (Å²) in [6.45, 7) is 3.35. The van der Waals surface area contributed by atoms with Crippen LogP contribution in [0.1, 0.15) is 39.0 Å². The zero-order valence-corrected chi connectivity index (χ0v) is 10.2. The van der Waals surface area contributed by atoms with E-state index in [0.717, 1.165) is 25.8 Å². The Morgan fingerprint density at radius 3 is 2.35 bits per heavy atom. The molecular formula is C12H20N2O3. The number of hydrogen-bond donors (Lipinski definition) is 3. The Kier molecular flexibility index (Phi) is 3.12. The number of rotatable bonds is 3. The molecule has 1 saturated carbocycles. The highest BCUT2D eigenvalue weighted by molar-refractivity contribution is 5.90. The second kappa shape index (κ2) is 4.29. The van der Waals surface area contributed by atoms with E-state index in [1.165, 1.54) is 0 Å². The summed E-state index contributed by atoms with van der Waals surface area (Å²) >= 11 is 0. The van der Waals surface area contributed by atoms with Crippen molar-refractivity contribution in [3.8, 4) is 0 Å². The van der Waals surface area contributed by atoms with Gasteiger partial charge in [-0.3, -0.25) is 4.79 Å². The molecule has 96 valence electrons. The van der Waals surface area contributed by atoms with Gasteiger partial charge >= 0.3 is 5.97 Å². The van der Waals surface area contributed by atoms with E-state index in [4.69, 9.17) is 0 Å². The Hall–Kier alpha value is -1.10. The van der Waals surface area contributed by atoms with Crippen LogP contribution in [0.25, 0.3) is 0 Å². The third kappa shape index (κ3) is 2.16. The molecule has 5 nitrogen and oxygen atoms in total. The van der Waals surface area contributed by atoms with Crippen LogP contribution in [-0.4, -0.2) is 35.6 Å². The van der Waals surface area contributed by atoms with Crippen LogP contribution in [0.3, 0.4) is 0 Å². The predicted molar refractivity (Wildman–Crippen MR) is 62.6 cm³/mol. The van der Waals surface area contributed by atoms with Crippen molar-refractivity contribution >= 4 is 11.9 Å². The fourth-order valence-corrected chi connectivity index (χ4v) is 2.75. The topological polar surface area (TPSA) is 78.4 Å². The highest BCUT2D eigenvalue weighted by atomic mass is 16.4. The third-order valence-electron chi connectivity index (χ3n) is 4.14. The van der Waals surface area contributed by atoms with Crippen LogP contribution in [-0.2, 0) is 9.59 Å². The van der Waals surface area contributed by atoms with Crippen LogP contribution in [0.2, 0.25) is 0 Å². The molecule has 0 aromatic heterocycles. The van der Waals surface area contributed by atoms with Crippen molar-refractivity contribution in [1.29, 1.82) is 0 Å². The predicted octanol–water partition coefficient (Wildman–Crippen LogP) is 0.500. The Morgan fingerprint density at radius 2 is 1.88 bits per heavy atom. The van der Waals surface area contributed by atoms with Crippen molar-refractivity contribution in [3.05, 3.63) is 0 Å². The molecular weight excluding hydrogens is 220 g/mol. The van der Waals surface area contributed by atoms with E-state index in [0.29, 0.717) is 19.4 Å². The molecule has 0 radical (unpaired) electrons. The molecule has 17 heavy (non-hydrogen) atoms. The molecule has 1 amide bonds. The molecule has 2 rings (SSSR count). The molecule has 1 heterocycles. The van der Waals surface area contributed by atoms with E-state index >= 15 is 0 Å². The summed E-state index contributed by atoms with van der Waals surface area (Å²) in [7, 11) is 0. The number of nitrogens with one attached hydrogen (secondary N) is 2. The molecule has 1 atom stereocenters. The van der Waals surface area contributed by atoms with Gasteiger partial charge in [0.15, 0.2) is 0 Å². The Bertz CT molecular complexity index is 329. The van der Waals surface area contributed by atoms with Gasteiger partial charge in [-0.25, -0.2) is 4.79 Å². The summed E-state index contributed by atoms with van der Waals surface area (Å²) in [5.41, 5.74) is -1.46. The van der Waals surface area contributed by atoms with E-state index in [1.807, 2.05) is 6.92 Å². The summed E-state index contributed by atoms with van der Waals surface area (Å²) in [5.74, 6) is -1.01. The maximum Gasteiger partial charge on any atom is 0.329 e. The lowest BCUT2D eigenvalue weighted by Gasteiger charge is -2.30. The second-order valence-corrected chi connectivity index (χ2v) is 5.54. The summed E-state index contributed by atoms with van der Waals surface area (Å²) in [4.78, 5) is 23.6. The molecule has 2 aliphatic rings. The molecule has 0 spiro atoms. The summed E-state index contributed by atoms with van der Waals surface area (Å²) in [5, 5.41) is 15.3. The van der Waals surface area contributed by atoms with Crippen molar-refractivity contribution in [2.24, 2.45) is 5.41 Å². The van der Waals surface area contributed by atoms with Gasteiger partial charge < -0.3 is 15.7 Å². The largest absolute Gasteiger partial charge is 0.480 e. The van der Waals surface area contributed by atoms with Crippen LogP contribution in [0.15, 0.2) is 0 Å². The molecule has 3 N–H and O–H groups in total. The molecule has 1 unspecified atom stereocenters. The van der Waals surface area contributed by atoms with Crippen LogP contribution in [0.5, 0.6) is 0 Å². The number of carbonyl (C=O) groups is 2. The maximum absolute atomic E-state index is 12.2. The van der Waals surface area contributed by atoms with E-state index < -0.39 is 16.9 Å². The van der Waals surface area contributed by atoms with E-state index in [-0.39, 0.29) is 5.91 Å². The molecule has 2 fully saturated rings. The number of carbonyl (C=O) groups excluding carboxylic acids is 1. The number of carboxylic acids is 1. The van der Waals surface area contributed by atoms with Crippen molar-refractivity contribution < 1.29 is 14.7 Å². The average molecular weight is 240 g/mol.